The molecule has 1 heterocycles. The lowest BCUT2D eigenvalue weighted by atomic mass is 9.72. The van der Waals surface area contributed by atoms with Crippen LogP contribution in [-0.2, 0) is 9.53 Å². The molecule has 0 spiro atoms. The van der Waals surface area contributed by atoms with E-state index in [-0.39, 0.29) is 31.1 Å². The molecule has 1 aliphatic heterocycles. The lowest BCUT2D eigenvalue weighted by Gasteiger charge is -2.52. The van der Waals surface area contributed by atoms with E-state index in [1.807, 2.05) is 18.2 Å². The van der Waals surface area contributed by atoms with Gasteiger partial charge in [-0.2, -0.15) is 5.26 Å². The molecule has 1 aromatic rings. The molecule has 1 fully saturated rings. The summed E-state index contributed by atoms with van der Waals surface area (Å²) in [6.45, 7) is -0.236. The summed E-state index contributed by atoms with van der Waals surface area (Å²) in [6.07, 6.45) is 6.79. The molecule has 0 bridgehead atoms. The topological polar surface area (TPSA) is 73.6 Å². The van der Waals surface area contributed by atoms with Crippen LogP contribution in [0.2, 0.25) is 0 Å². The van der Waals surface area contributed by atoms with Gasteiger partial charge in [0.25, 0.3) is 0 Å². The van der Waals surface area contributed by atoms with Gasteiger partial charge in [0, 0.05) is 13.0 Å². The van der Waals surface area contributed by atoms with Gasteiger partial charge in [0.1, 0.15) is 12.6 Å². The Bertz CT molecular complexity index is 707. The number of aliphatic hydroxyl groups is 1. The van der Waals surface area contributed by atoms with E-state index >= 15 is 0 Å². The lowest BCUT2D eigenvalue weighted by molar-refractivity contribution is -0.150. The molecule has 0 radical (unpaired) electrons. The number of methoxy groups -OCH3 is 1. The number of amides is 1. The van der Waals surface area contributed by atoms with Crippen molar-refractivity contribution in [1.29, 1.82) is 5.26 Å². The fraction of sp³-hybridized carbons (Fsp3) is 0.500. The van der Waals surface area contributed by atoms with Crippen molar-refractivity contribution < 1.29 is 14.6 Å². The van der Waals surface area contributed by atoms with Gasteiger partial charge in [-0.15, -0.1) is 0 Å². The Balaban J connectivity index is 1.95. The first-order valence-electron chi connectivity index (χ1n) is 8.81. The molecule has 5 nitrogen and oxygen atoms in total. The standard InChI is InChI=1S/C20H24N2O3/c1-25-13-19(24)22-17(11-21)20(18(22)12-23)16-10-6-5-9-15(16)14-7-3-2-4-8-14/h5-7,9-10,17-18,20,23H,2-4,8,12-13H2,1H3/t17-,18-,20-/m1/s1. The maximum atomic E-state index is 12.3. The summed E-state index contributed by atoms with van der Waals surface area (Å²) in [5, 5.41) is 19.5. The quantitative estimate of drug-likeness (QED) is 0.894. The largest absolute Gasteiger partial charge is 0.394 e. The third-order valence-electron chi connectivity index (χ3n) is 5.24. The minimum Gasteiger partial charge on any atom is -0.394 e. The summed E-state index contributed by atoms with van der Waals surface area (Å²) in [5.74, 6) is -0.423. The smallest absolute Gasteiger partial charge is 0.249 e. The van der Waals surface area contributed by atoms with Gasteiger partial charge in [0.05, 0.1) is 18.7 Å². The monoisotopic (exact) mass is 340 g/mol. The van der Waals surface area contributed by atoms with Crippen molar-refractivity contribution in [3.63, 3.8) is 0 Å². The molecule has 3 atom stereocenters. The average Bonchev–Trinajstić information content (AvgIpc) is 2.63. The van der Waals surface area contributed by atoms with E-state index in [1.54, 1.807) is 0 Å². The predicted octanol–water partition coefficient (Wildman–Crippen LogP) is 2.47. The fourth-order valence-corrected chi connectivity index (χ4v) is 4.08. The van der Waals surface area contributed by atoms with Crippen LogP contribution in [0.15, 0.2) is 30.3 Å². The zero-order valence-corrected chi connectivity index (χ0v) is 14.5. The van der Waals surface area contributed by atoms with E-state index in [4.69, 9.17) is 4.74 Å². The van der Waals surface area contributed by atoms with Gasteiger partial charge in [0.2, 0.25) is 5.91 Å². The van der Waals surface area contributed by atoms with E-state index in [2.05, 4.69) is 18.2 Å². The highest BCUT2D eigenvalue weighted by Gasteiger charge is 2.52. The number of hydrogen-bond donors (Lipinski definition) is 1. The maximum Gasteiger partial charge on any atom is 0.249 e. The zero-order chi connectivity index (χ0) is 17.8. The molecule has 3 rings (SSSR count). The first-order chi connectivity index (χ1) is 12.2. The van der Waals surface area contributed by atoms with Crippen LogP contribution >= 0.6 is 0 Å². The molecule has 2 aliphatic rings. The van der Waals surface area contributed by atoms with Crippen molar-refractivity contribution >= 4 is 11.5 Å². The highest BCUT2D eigenvalue weighted by atomic mass is 16.5. The third kappa shape index (κ3) is 3.20. The van der Waals surface area contributed by atoms with Gasteiger partial charge in [-0.05, 0) is 42.4 Å². The summed E-state index contributed by atoms with van der Waals surface area (Å²) < 4.78 is 4.91. The van der Waals surface area contributed by atoms with Gasteiger partial charge in [0.15, 0.2) is 0 Å². The Morgan fingerprint density at radius 3 is 2.84 bits per heavy atom. The van der Waals surface area contributed by atoms with Gasteiger partial charge < -0.3 is 14.7 Å². The Morgan fingerprint density at radius 2 is 2.20 bits per heavy atom. The number of nitrogens with zero attached hydrogens (tertiary/aromatic N) is 2. The summed E-state index contributed by atoms with van der Waals surface area (Å²) in [4.78, 5) is 13.7. The van der Waals surface area contributed by atoms with Crippen LogP contribution in [0.25, 0.3) is 5.57 Å². The molecule has 1 N–H and O–H groups in total. The van der Waals surface area contributed by atoms with Crippen molar-refractivity contribution in [3.8, 4) is 6.07 Å². The average molecular weight is 340 g/mol. The summed E-state index contributed by atoms with van der Waals surface area (Å²) in [5.41, 5.74) is 3.53. The molecule has 5 heteroatoms. The SMILES string of the molecule is COCC(=O)N1[C@H](C#N)[C@@H](c2ccccc2C2=CCCCC2)[C@H]1CO. The number of nitriles is 1. The maximum absolute atomic E-state index is 12.3. The first-order valence-corrected chi connectivity index (χ1v) is 8.81. The van der Waals surface area contributed by atoms with Crippen LogP contribution < -0.4 is 0 Å². The number of carbonyl (C=O) groups excluding carboxylic acids is 1. The molecule has 1 aliphatic carbocycles. The number of allylic oxidation sites excluding steroid dienone is 2. The van der Waals surface area contributed by atoms with E-state index in [1.165, 1.54) is 30.4 Å². The number of aliphatic hydroxyl groups excluding tert-OH is 1. The Morgan fingerprint density at radius 1 is 1.40 bits per heavy atom. The molecule has 0 unspecified atom stereocenters. The number of rotatable bonds is 5. The van der Waals surface area contributed by atoms with Crippen LogP contribution in [0.4, 0.5) is 0 Å². The van der Waals surface area contributed by atoms with Crippen molar-refractivity contribution in [2.45, 2.75) is 43.7 Å². The Labute approximate surface area is 148 Å². The number of likely N-dealkylation sites (tertiary alicyclic amines) is 1. The molecule has 1 amide bonds. The fourth-order valence-electron chi connectivity index (χ4n) is 4.08. The highest BCUT2D eigenvalue weighted by Crippen LogP contribution is 2.44. The van der Waals surface area contributed by atoms with E-state index < -0.39 is 6.04 Å². The second kappa shape index (κ2) is 7.81. The normalized spacial score (nSPS) is 25.7. The second-order valence-corrected chi connectivity index (χ2v) is 6.65. The van der Waals surface area contributed by atoms with Gasteiger partial charge >= 0.3 is 0 Å². The van der Waals surface area contributed by atoms with Crippen molar-refractivity contribution in [1.82, 2.24) is 4.90 Å². The van der Waals surface area contributed by atoms with Crippen LogP contribution in [0.5, 0.6) is 0 Å². The molecule has 0 saturated carbocycles. The van der Waals surface area contributed by atoms with E-state index in [0.717, 1.165) is 24.0 Å². The van der Waals surface area contributed by atoms with Gasteiger partial charge in [-0.1, -0.05) is 30.3 Å². The highest BCUT2D eigenvalue weighted by molar-refractivity contribution is 5.81. The molecule has 1 saturated heterocycles. The minimum absolute atomic E-state index is 0.0752. The third-order valence-corrected chi connectivity index (χ3v) is 5.24. The number of carbonyl (C=O) groups is 1. The number of hydrogen-bond acceptors (Lipinski definition) is 4. The van der Waals surface area contributed by atoms with Gasteiger partial charge in [-0.25, -0.2) is 0 Å². The first kappa shape index (κ1) is 17.7. The van der Waals surface area contributed by atoms with Crippen molar-refractivity contribution in [2.75, 3.05) is 20.3 Å². The summed E-state index contributed by atoms with van der Waals surface area (Å²) >= 11 is 0. The predicted molar refractivity (Wildman–Crippen MR) is 94.6 cm³/mol. The van der Waals surface area contributed by atoms with Crippen molar-refractivity contribution in [3.05, 3.63) is 41.5 Å². The lowest BCUT2D eigenvalue weighted by Crippen LogP contribution is -2.66. The Hall–Kier alpha value is -2.16. The van der Waals surface area contributed by atoms with E-state index in [9.17, 15) is 15.2 Å². The summed E-state index contributed by atoms with van der Waals surface area (Å²) in [6, 6.07) is 9.40. The minimum atomic E-state index is -0.565. The van der Waals surface area contributed by atoms with Crippen LogP contribution in [0.3, 0.4) is 0 Å². The van der Waals surface area contributed by atoms with Gasteiger partial charge in [-0.3, -0.25) is 4.79 Å². The molecular formula is C20H24N2O3. The van der Waals surface area contributed by atoms with Crippen LogP contribution in [0, 0.1) is 11.3 Å². The molecule has 25 heavy (non-hydrogen) atoms. The summed E-state index contributed by atoms with van der Waals surface area (Å²) in [7, 11) is 1.45. The van der Waals surface area contributed by atoms with Crippen molar-refractivity contribution in [2.24, 2.45) is 0 Å². The second-order valence-electron chi connectivity index (χ2n) is 6.65. The number of benzene rings is 1. The Kier molecular flexibility index (Phi) is 5.52. The molecule has 0 aromatic heterocycles. The van der Waals surface area contributed by atoms with Crippen LogP contribution in [-0.4, -0.2) is 48.3 Å². The number of ether oxygens (including phenoxy) is 1. The molecule has 1 aromatic carbocycles. The molecular weight excluding hydrogens is 316 g/mol. The van der Waals surface area contributed by atoms with Crippen LogP contribution in [0.1, 0.15) is 42.7 Å². The molecule has 132 valence electrons. The van der Waals surface area contributed by atoms with E-state index in [0.29, 0.717) is 0 Å². The zero-order valence-electron chi connectivity index (χ0n) is 14.5.